The van der Waals surface area contributed by atoms with Crippen LogP contribution < -0.4 is 21.5 Å². The first-order chi connectivity index (χ1) is 14.1. The second-order valence-corrected chi connectivity index (χ2v) is 6.21. The molecule has 2 aromatic carbocycles. The Morgan fingerprint density at radius 3 is 2.76 bits per heavy atom. The Morgan fingerprint density at radius 2 is 1.97 bits per heavy atom. The topological polar surface area (TPSA) is 116 Å². The molecular weight excluding hydrogens is 375 g/mol. The predicted molar refractivity (Wildman–Crippen MR) is 111 cm³/mol. The van der Waals surface area contributed by atoms with Crippen molar-refractivity contribution in [2.75, 3.05) is 31.7 Å². The maximum Gasteiger partial charge on any atom is 0.166 e. The minimum atomic E-state index is -0.713. The number of phenolic OH excluding ortho intramolecular Hbond substituents is 1. The number of nitrogens with two attached hydrogens (primary N) is 2. The number of pyridine rings is 1. The third-order valence-corrected chi connectivity index (χ3v) is 4.06. The minimum absolute atomic E-state index is 0.387. The highest BCUT2D eigenvalue weighted by Crippen LogP contribution is 2.22. The van der Waals surface area contributed by atoms with Crippen LogP contribution in [0.4, 0.5) is 10.1 Å². The molecule has 0 aliphatic rings. The van der Waals surface area contributed by atoms with E-state index in [0.717, 1.165) is 16.7 Å². The summed E-state index contributed by atoms with van der Waals surface area (Å²) in [6.45, 7) is 1.92. The highest BCUT2D eigenvalue weighted by Gasteiger charge is 2.05. The van der Waals surface area contributed by atoms with Gasteiger partial charge in [-0.2, -0.15) is 0 Å². The summed E-state index contributed by atoms with van der Waals surface area (Å²) in [5.41, 5.74) is 13.6. The number of aromatic nitrogens is 1. The smallest absolute Gasteiger partial charge is 0.166 e. The summed E-state index contributed by atoms with van der Waals surface area (Å²) < 4.78 is 24.3. The van der Waals surface area contributed by atoms with Crippen molar-refractivity contribution in [1.29, 1.82) is 0 Å². The lowest BCUT2D eigenvalue weighted by Gasteiger charge is -2.09. The molecular formula is C21H23FN4O3. The van der Waals surface area contributed by atoms with Gasteiger partial charge in [0.1, 0.15) is 12.4 Å². The van der Waals surface area contributed by atoms with Gasteiger partial charge in [0.15, 0.2) is 11.6 Å². The molecule has 3 aromatic rings. The Kier molecular flexibility index (Phi) is 6.83. The van der Waals surface area contributed by atoms with Gasteiger partial charge in [-0.25, -0.2) is 9.37 Å². The van der Waals surface area contributed by atoms with Crippen LogP contribution in [0.5, 0.6) is 11.5 Å². The molecule has 0 aliphatic carbocycles. The number of nitrogens with zero attached hydrogens (tertiary/aromatic N) is 1. The number of rotatable bonds is 9. The van der Waals surface area contributed by atoms with E-state index in [2.05, 4.69) is 10.3 Å². The summed E-state index contributed by atoms with van der Waals surface area (Å²) in [6.07, 6.45) is 1.53. The van der Waals surface area contributed by atoms with Crippen LogP contribution in [-0.4, -0.2) is 36.5 Å². The molecule has 1 heterocycles. The fourth-order valence-corrected chi connectivity index (χ4v) is 2.59. The molecule has 0 saturated carbocycles. The molecule has 1 aromatic heterocycles. The molecule has 152 valence electrons. The number of nitrogens with one attached hydrogen (secondary N) is 1. The lowest BCUT2D eigenvalue weighted by molar-refractivity contribution is 0.106. The number of hydrogen-bond donors (Lipinski definition) is 4. The Labute approximate surface area is 167 Å². The standard InChI is InChI=1S/C21H23FN4O3/c22-17-12-15(2-6-21(17)27)25-13-18(24)20-4-1-14-11-16(3-5-19(14)26-20)29-10-9-28-8-7-23/h1-6,11-13,25,27H,7-10,23-24H2/b18-13-. The van der Waals surface area contributed by atoms with Crippen LogP contribution in [0.2, 0.25) is 0 Å². The molecule has 0 saturated heterocycles. The highest BCUT2D eigenvalue weighted by atomic mass is 19.1. The van der Waals surface area contributed by atoms with Crippen LogP contribution in [0.25, 0.3) is 16.6 Å². The molecule has 0 bridgehead atoms. The van der Waals surface area contributed by atoms with Gasteiger partial charge in [-0.15, -0.1) is 0 Å². The molecule has 0 fully saturated rings. The summed E-state index contributed by atoms with van der Waals surface area (Å²) in [5, 5.41) is 13.0. The van der Waals surface area contributed by atoms with Crippen molar-refractivity contribution < 1.29 is 19.0 Å². The second-order valence-electron chi connectivity index (χ2n) is 6.21. The Balaban J connectivity index is 1.66. The van der Waals surface area contributed by atoms with Crippen LogP contribution in [0.15, 0.2) is 54.7 Å². The first-order valence-corrected chi connectivity index (χ1v) is 9.09. The van der Waals surface area contributed by atoms with E-state index in [1.54, 1.807) is 12.1 Å². The third-order valence-electron chi connectivity index (χ3n) is 4.06. The second kappa shape index (κ2) is 9.72. The Hall–Kier alpha value is -3.36. The van der Waals surface area contributed by atoms with Gasteiger partial charge in [0.2, 0.25) is 0 Å². The summed E-state index contributed by atoms with van der Waals surface area (Å²) in [4.78, 5) is 4.54. The fourth-order valence-electron chi connectivity index (χ4n) is 2.59. The number of benzene rings is 2. The average molecular weight is 398 g/mol. The van der Waals surface area contributed by atoms with Crippen LogP contribution >= 0.6 is 0 Å². The van der Waals surface area contributed by atoms with Crippen molar-refractivity contribution in [2.45, 2.75) is 0 Å². The van der Waals surface area contributed by atoms with Crippen LogP contribution in [0.1, 0.15) is 5.69 Å². The first-order valence-electron chi connectivity index (χ1n) is 9.09. The number of phenols is 1. The lowest BCUT2D eigenvalue weighted by atomic mass is 10.2. The van der Waals surface area contributed by atoms with E-state index in [0.29, 0.717) is 43.4 Å². The van der Waals surface area contributed by atoms with Crippen LogP contribution in [-0.2, 0) is 4.74 Å². The van der Waals surface area contributed by atoms with Crippen molar-refractivity contribution in [1.82, 2.24) is 4.98 Å². The molecule has 0 atom stereocenters. The zero-order valence-electron chi connectivity index (χ0n) is 15.8. The Morgan fingerprint density at radius 1 is 1.10 bits per heavy atom. The monoisotopic (exact) mass is 398 g/mol. The molecule has 0 amide bonds. The van der Waals surface area contributed by atoms with Gasteiger partial charge < -0.3 is 31.4 Å². The predicted octanol–water partition coefficient (Wildman–Crippen LogP) is 2.80. The maximum absolute atomic E-state index is 13.4. The van der Waals surface area contributed by atoms with Gasteiger partial charge in [0.05, 0.1) is 30.1 Å². The van der Waals surface area contributed by atoms with E-state index in [1.807, 2.05) is 24.3 Å². The van der Waals surface area contributed by atoms with E-state index in [-0.39, 0.29) is 0 Å². The normalized spacial score (nSPS) is 11.6. The zero-order valence-corrected chi connectivity index (χ0v) is 15.8. The first kappa shape index (κ1) is 20.4. The van der Waals surface area contributed by atoms with Crippen LogP contribution in [0.3, 0.4) is 0 Å². The summed E-state index contributed by atoms with van der Waals surface area (Å²) in [7, 11) is 0. The van der Waals surface area contributed by atoms with E-state index in [4.69, 9.17) is 20.9 Å². The largest absolute Gasteiger partial charge is 0.505 e. The third kappa shape index (κ3) is 5.56. The number of halogens is 1. The quantitative estimate of drug-likeness (QED) is 0.324. The van der Waals surface area contributed by atoms with Gasteiger partial charge in [0.25, 0.3) is 0 Å². The van der Waals surface area contributed by atoms with Crippen molar-refractivity contribution in [3.05, 3.63) is 66.2 Å². The number of ether oxygens (including phenoxy) is 2. The van der Waals surface area contributed by atoms with Gasteiger partial charge in [-0.05, 0) is 36.4 Å². The van der Waals surface area contributed by atoms with Gasteiger partial charge >= 0.3 is 0 Å². The number of fused-ring (bicyclic) bond motifs is 1. The summed E-state index contributed by atoms with van der Waals surface area (Å²) in [6, 6.07) is 13.3. The maximum atomic E-state index is 13.4. The molecule has 8 heteroatoms. The van der Waals surface area contributed by atoms with Crippen molar-refractivity contribution in [2.24, 2.45) is 11.5 Å². The SMILES string of the molecule is NCCOCCOc1ccc2nc(/C(N)=C/Nc3ccc(O)c(F)c3)ccc2c1. The highest BCUT2D eigenvalue weighted by molar-refractivity contribution is 5.82. The molecule has 29 heavy (non-hydrogen) atoms. The Bertz CT molecular complexity index is 1010. The average Bonchev–Trinajstić information content (AvgIpc) is 2.73. The lowest BCUT2D eigenvalue weighted by Crippen LogP contribution is -2.13. The van der Waals surface area contributed by atoms with Crippen LogP contribution in [0, 0.1) is 5.82 Å². The van der Waals surface area contributed by atoms with Crippen molar-refractivity contribution in [3.8, 4) is 11.5 Å². The van der Waals surface area contributed by atoms with E-state index in [1.165, 1.54) is 18.3 Å². The molecule has 0 unspecified atom stereocenters. The number of aromatic hydroxyl groups is 1. The number of hydrogen-bond acceptors (Lipinski definition) is 7. The van der Waals surface area contributed by atoms with Gasteiger partial charge in [0, 0.05) is 29.9 Å². The fraction of sp³-hybridized carbons (Fsp3) is 0.190. The minimum Gasteiger partial charge on any atom is -0.505 e. The van der Waals surface area contributed by atoms with Crippen molar-refractivity contribution >= 4 is 22.3 Å². The molecule has 6 N–H and O–H groups in total. The summed E-state index contributed by atoms with van der Waals surface area (Å²) >= 11 is 0. The molecule has 0 spiro atoms. The van der Waals surface area contributed by atoms with Crippen molar-refractivity contribution in [3.63, 3.8) is 0 Å². The van der Waals surface area contributed by atoms with E-state index < -0.39 is 11.6 Å². The van der Waals surface area contributed by atoms with Gasteiger partial charge in [-0.3, -0.25) is 0 Å². The van der Waals surface area contributed by atoms with E-state index in [9.17, 15) is 9.50 Å². The van der Waals surface area contributed by atoms with E-state index >= 15 is 0 Å². The molecule has 0 radical (unpaired) electrons. The summed E-state index contributed by atoms with van der Waals surface area (Å²) in [5.74, 6) is -0.396. The molecule has 7 nitrogen and oxygen atoms in total. The zero-order chi connectivity index (χ0) is 20.6. The van der Waals surface area contributed by atoms with Gasteiger partial charge in [-0.1, -0.05) is 6.07 Å². The number of anilines is 1. The molecule has 0 aliphatic heterocycles. The molecule has 3 rings (SSSR count).